The molecule has 1 aliphatic rings. The number of rotatable bonds is 1. The summed E-state index contributed by atoms with van der Waals surface area (Å²) >= 11 is 0. The van der Waals surface area contributed by atoms with Crippen molar-refractivity contribution in [2.45, 2.75) is 20.3 Å². The fourth-order valence-electron chi connectivity index (χ4n) is 2.83. The highest BCUT2D eigenvalue weighted by Crippen LogP contribution is 2.27. The molecular weight excluding hydrogens is 214 g/mol. The third-order valence-electron chi connectivity index (χ3n) is 3.37. The van der Waals surface area contributed by atoms with Crippen molar-refractivity contribution < 1.29 is 0 Å². The Morgan fingerprint density at radius 2 is 1.94 bits per heavy atom. The Balaban J connectivity index is 2.00. The molecule has 1 aliphatic heterocycles. The molecule has 0 spiro atoms. The highest BCUT2D eigenvalue weighted by atomic mass is 15.2. The zero-order valence-electron chi connectivity index (χ0n) is 10.2. The molecule has 1 fully saturated rings. The predicted molar refractivity (Wildman–Crippen MR) is 66.8 cm³/mol. The maximum atomic E-state index is 4.42. The molecule has 1 saturated heterocycles. The van der Waals surface area contributed by atoms with Crippen LogP contribution in [0.3, 0.4) is 0 Å². The summed E-state index contributed by atoms with van der Waals surface area (Å²) in [5.41, 5.74) is 1.70. The molecule has 5 nitrogen and oxygen atoms in total. The first-order valence-electron chi connectivity index (χ1n) is 6.13. The second-order valence-corrected chi connectivity index (χ2v) is 5.15. The molecular formula is C12H17N5. The molecule has 2 aromatic rings. The number of nitrogens with zero attached hydrogens (tertiary/aromatic N) is 4. The molecule has 0 aliphatic carbocycles. The lowest BCUT2D eigenvalue weighted by Crippen LogP contribution is -2.39. The normalized spacial score (nSPS) is 25.4. The van der Waals surface area contributed by atoms with Gasteiger partial charge in [-0.1, -0.05) is 13.8 Å². The number of aromatic nitrogens is 4. The second-order valence-electron chi connectivity index (χ2n) is 5.15. The number of hydrogen-bond donors (Lipinski definition) is 1. The highest BCUT2D eigenvalue weighted by Gasteiger charge is 2.24. The number of aromatic amines is 1. The molecule has 0 saturated carbocycles. The summed E-state index contributed by atoms with van der Waals surface area (Å²) in [4.78, 5) is 18.2. The summed E-state index contributed by atoms with van der Waals surface area (Å²) < 4.78 is 0. The first-order valence-corrected chi connectivity index (χ1v) is 6.13. The van der Waals surface area contributed by atoms with Crippen molar-refractivity contribution in [1.29, 1.82) is 0 Å². The smallest absolute Gasteiger partial charge is 0.182 e. The van der Waals surface area contributed by atoms with E-state index in [-0.39, 0.29) is 0 Å². The average Bonchev–Trinajstić information content (AvgIpc) is 2.75. The molecule has 0 bridgehead atoms. The predicted octanol–water partition coefficient (Wildman–Crippen LogP) is 1.84. The minimum absolute atomic E-state index is 0.715. The van der Waals surface area contributed by atoms with Crippen LogP contribution in [0, 0.1) is 11.8 Å². The average molecular weight is 231 g/mol. The number of nitrogens with one attached hydrogen (secondary N) is 1. The van der Waals surface area contributed by atoms with E-state index in [0.29, 0.717) is 11.8 Å². The first-order chi connectivity index (χ1) is 8.24. The van der Waals surface area contributed by atoms with Gasteiger partial charge in [0, 0.05) is 13.1 Å². The molecule has 0 amide bonds. The van der Waals surface area contributed by atoms with Gasteiger partial charge in [0.2, 0.25) is 0 Å². The standard InChI is InChI=1S/C12H17N5/c1-8-3-9(2)5-17(4-8)12-10-11(14-6-13-10)15-7-16-12/h6-9H,3-5H2,1-2H3,(H,13,14,15,16)/t8-,9+. The molecule has 0 unspecified atom stereocenters. The third-order valence-corrected chi connectivity index (χ3v) is 3.37. The maximum absolute atomic E-state index is 4.42. The van der Waals surface area contributed by atoms with Crippen LogP contribution in [0.2, 0.25) is 0 Å². The number of piperidine rings is 1. The number of imidazole rings is 1. The lowest BCUT2D eigenvalue weighted by atomic mass is 9.92. The van der Waals surface area contributed by atoms with Crippen LogP contribution in [0.4, 0.5) is 5.82 Å². The van der Waals surface area contributed by atoms with Crippen LogP contribution < -0.4 is 4.90 Å². The Hall–Kier alpha value is -1.65. The van der Waals surface area contributed by atoms with Crippen molar-refractivity contribution in [3.05, 3.63) is 12.7 Å². The lowest BCUT2D eigenvalue weighted by molar-refractivity contribution is 0.355. The molecule has 1 N–H and O–H groups in total. The minimum Gasteiger partial charge on any atom is -0.354 e. The Labute approximate surface area is 100 Å². The van der Waals surface area contributed by atoms with E-state index < -0.39 is 0 Å². The van der Waals surface area contributed by atoms with Crippen molar-refractivity contribution in [2.24, 2.45) is 11.8 Å². The van der Waals surface area contributed by atoms with Crippen LogP contribution in [0.5, 0.6) is 0 Å². The molecule has 3 rings (SSSR count). The van der Waals surface area contributed by atoms with Crippen LogP contribution in [-0.2, 0) is 0 Å². The molecule has 2 aromatic heterocycles. The fourth-order valence-corrected chi connectivity index (χ4v) is 2.83. The number of hydrogen-bond acceptors (Lipinski definition) is 4. The quantitative estimate of drug-likeness (QED) is 0.813. The van der Waals surface area contributed by atoms with Gasteiger partial charge < -0.3 is 9.88 Å². The van der Waals surface area contributed by atoms with E-state index in [1.54, 1.807) is 12.7 Å². The van der Waals surface area contributed by atoms with Crippen LogP contribution in [-0.4, -0.2) is 33.0 Å². The van der Waals surface area contributed by atoms with E-state index >= 15 is 0 Å². The van der Waals surface area contributed by atoms with E-state index in [0.717, 1.165) is 30.1 Å². The number of fused-ring (bicyclic) bond motifs is 1. The molecule has 5 heteroatoms. The van der Waals surface area contributed by atoms with Gasteiger partial charge in [-0.05, 0) is 18.3 Å². The summed E-state index contributed by atoms with van der Waals surface area (Å²) in [6, 6.07) is 0. The lowest BCUT2D eigenvalue weighted by Gasteiger charge is -2.35. The highest BCUT2D eigenvalue weighted by molar-refractivity contribution is 5.82. The van der Waals surface area contributed by atoms with Crippen molar-refractivity contribution in [3.8, 4) is 0 Å². The molecule has 90 valence electrons. The first kappa shape index (κ1) is 10.5. The summed E-state index contributed by atoms with van der Waals surface area (Å²) in [6.45, 7) is 6.73. The van der Waals surface area contributed by atoms with Gasteiger partial charge in [-0.25, -0.2) is 15.0 Å². The second kappa shape index (κ2) is 3.98. The summed E-state index contributed by atoms with van der Waals surface area (Å²) in [5, 5.41) is 0. The largest absolute Gasteiger partial charge is 0.354 e. The van der Waals surface area contributed by atoms with E-state index in [9.17, 15) is 0 Å². The fraction of sp³-hybridized carbons (Fsp3) is 0.583. The monoisotopic (exact) mass is 231 g/mol. The topological polar surface area (TPSA) is 57.7 Å². The van der Waals surface area contributed by atoms with Crippen molar-refractivity contribution in [3.63, 3.8) is 0 Å². The van der Waals surface area contributed by atoms with Crippen LogP contribution in [0.25, 0.3) is 11.2 Å². The van der Waals surface area contributed by atoms with Gasteiger partial charge in [0.1, 0.15) is 11.8 Å². The van der Waals surface area contributed by atoms with E-state index in [2.05, 4.69) is 38.7 Å². The van der Waals surface area contributed by atoms with Crippen LogP contribution >= 0.6 is 0 Å². The Kier molecular flexibility index (Phi) is 2.46. The zero-order chi connectivity index (χ0) is 11.8. The third kappa shape index (κ3) is 1.85. The number of anilines is 1. The van der Waals surface area contributed by atoms with E-state index in [4.69, 9.17) is 0 Å². The molecule has 2 atom stereocenters. The summed E-state index contributed by atoms with van der Waals surface area (Å²) in [5.74, 6) is 2.42. The van der Waals surface area contributed by atoms with E-state index in [1.165, 1.54) is 6.42 Å². The van der Waals surface area contributed by atoms with Crippen LogP contribution in [0.15, 0.2) is 12.7 Å². The van der Waals surface area contributed by atoms with E-state index in [1.807, 2.05) is 0 Å². The molecule has 0 radical (unpaired) electrons. The zero-order valence-corrected chi connectivity index (χ0v) is 10.2. The van der Waals surface area contributed by atoms with Crippen molar-refractivity contribution >= 4 is 17.0 Å². The van der Waals surface area contributed by atoms with Gasteiger partial charge in [-0.15, -0.1) is 0 Å². The molecule has 3 heterocycles. The Morgan fingerprint density at radius 3 is 2.71 bits per heavy atom. The van der Waals surface area contributed by atoms with Crippen LogP contribution in [0.1, 0.15) is 20.3 Å². The van der Waals surface area contributed by atoms with Crippen molar-refractivity contribution in [2.75, 3.05) is 18.0 Å². The summed E-state index contributed by atoms with van der Waals surface area (Å²) in [7, 11) is 0. The van der Waals surface area contributed by atoms with Gasteiger partial charge >= 0.3 is 0 Å². The summed E-state index contributed by atoms with van der Waals surface area (Å²) in [6.07, 6.45) is 4.58. The molecule has 0 aromatic carbocycles. The van der Waals surface area contributed by atoms with Gasteiger partial charge in [0.15, 0.2) is 11.5 Å². The Bertz CT molecular complexity index is 510. The Morgan fingerprint density at radius 1 is 1.18 bits per heavy atom. The van der Waals surface area contributed by atoms with Gasteiger partial charge in [-0.2, -0.15) is 0 Å². The van der Waals surface area contributed by atoms with Gasteiger partial charge in [-0.3, -0.25) is 0 Å². The number of H-pyrrole nitrogens is 1. The van der Waals surface area contributed by atoms with Gasteiger partial charge in [0.05, 0.1) is 6.33 Å². The SMILES string of the molecule is C[C@@H]1C[C@H](C)CN(c2ncnc3nc[nH]c23)C1. The van der Waals surface area contributed by atoms with Gasteiger partial charge in [0.25, 0.3) is 0 Å². The molecule has 17 heavy (non-hydrogen) atoms. The maximum Gasteiger partial charge on any atom is 0.182 e. The van der Waals surface area contributed by atoms with Crippen molar-refractivity contribution in [1.82, 2.24) is 19.9 Å². The minimum atomic E-state index is 0.715.